The Balaban J connectivity index is 1.77. The van der Waals surface area contributed by atoms with Gasteiger partial charge in [-0.2, -0.15) is 0 Å². The number of methoxy groups -OCH3 is 1. The van der Waals surface area contributed by atoms with Crippen LogP contribution in [0, 0.1) is 0 Å². The zero-order valence-electron chi connectivity index (χ0n) is 14.9. The highest BCUT2D eigenvalue weighted by Gasteiger charge is 2.20. The number of anilines is 1. The minimum absolute atomic E-state index is 0.372. The fraction of sp³-hybridized carbons (Fsp3) is 0.211. The van der Waals surface area contributed by atoms with Crippen LogP contribution < -0.4 is 20.1 Å². The lowest BCUT2D eigenvalue weighted by Crippen LogP contribution is -2.42. The molecular weight excluding hydrogens is 352 g/mol. The van der Waals surface area contributed by atoms with Crippen LogP contribution in [0.1, 0.15) is 6.92 Å². The Hall–Kier alpha value is -3.55. The Morgan fingerprint density at radius 3 is 2.26 bits per heavy atom. The molecule has 27 heavy (non-hydrogen) atoms. The third-order valence-corrected chi connectivity index (χ3v) is 3.36. The van der Waals surface area contributed by atoms with Gasteiger partial charge in [0.2, 0.25) is 0 Å². The van der Waals surface area contributed by atoms with Gasteiger partial charge in [0.1, 0.15) is 0 Å². The van der Waals surface area contributed by atoms with Crippen molar-refractivity contribution in [2.24, 2.45) is 0 Å². The lowest BCUT2D eigenvalue weighted by atomic mass is 10.3. The molecule has 8 nitrogen and oxygen atoms in total. The van der Waals surface area contributed by atoms with Crippen LogP contribution in [0.2, 0.25) is 0 Å². The highest BCUT2D eigenvalue weighted by molar-refractivity contribution is 6.02. The number of rotatable bonds is 7. The van der Waals surface area contributed by atoms with Crippen molar-refractivity contribution in [3.63, 3.8) is 0 Å². The monoisotopic (exact) mass is 372 g/mol. The first-order valence-corrected chi connectivity index (χ1v) is 8.11. The molecule has 0 saturated carbocycles. The van der Waals surface area contributed by atoms with Gasteiger partial charge in [-0.05, 0) is 31.2 Å². The predicted octanol–water partition coefficient (Wildman–Crippen LogP) is 2.35. The van der Waals surface area contributed by atoms with Crippen LogP contribution in [-0.2, 0) is 14.3 Å². The van der Waals surface area contributed by atoms with Crippen molar-refractivity contribution >= 4 is 23.6 Å². The van der Waals surface area contributed by atoms with E-state index in [9.17, 15) is 14.4 Å². The standard InChI is InChI=1S/C19H20N2O6/c1-13(18(23)21-19(24)20-14-8-4-3-5-9-14)27-17(22)12-26-16-11-7-6-10-15(16)25-2/h3-11,13H,12H2,1-2H3,(H2,20,21,23,24). The summed E-state index contributed by atoms with van der Waals surface area (Å²) >= 11 is 0. The van der Waals surface area contributed by atoms with E-state index in [2.05, 4.69) is 10.6 Å². The zero-order chi connectivity index (χ0) is 19.6. The summed E-state index contributed by atoms with van der Waals surface area (Å²) in [5.41, 5.74) is 0.526. The maximum Gasteiger partial charge on any atom is 0.344 e. The van der Waals surface area contributed by atoms with Crippen molar-refractivity contribution in [2.75, 3.05) is 19.0 Å². The number of carbonyl (C=O) groups excluding carboxylic acids is 3. The molecule has 2 rings (SSSR count). The number of urea groups is 1. The van der Waals surface area contributed by atoms with Gasteiger partial charge in [0.25, 0.3) is 5.91 Å². The molecule has 0 aromatic heterocycles. The highest BCUT2D eigenvalue weighted by Crippen LogP contribution is 2.25. The van der Waals surface area contributed by atoms with Crippen molar-refractivity contribution in [3.05, 3.63) is 54.6 Å². The average Bonchev–Trinajstić information content (AvgIpc) is 2.67. The average molecular weight is 372 g/mol. The summed E-state index contributed by atoms with van der Waals surface area (Å²) < 4.78 is 15.4. The summed E-state index contributed by atoms with van der Waals surface area (Å²) in [5.74, 6) is -0.675. The second-order valence-electron chi connectivity index (χ2n) is 5.38. The summed E-state index contributed by atoms with van der Waals surface area (Å²) in [6, 6.07) is 14.7. The van der Waals surface area contributed by atoms with Gasteiger partial charge in [-0.1, -0.05) is 30.3 Å². The van der Waals surface area contributed by atoms with E-state index in [-0.39, 0.29) is 0 Å². The number of esters is 1. The van der Waals surface area contributed by atoms with E-state index < -0.39 is 30.6 Å². The van der Waals surface area contributed by atoms with Gasteiger partial charge in [-0.3, -0.25) is 10.1 Å². The molecule has 8 heteroatoms. The van der Waals surface area contributed by atoms with Gasteiger partial charge in [-0.15, -0.1) is 0 Å². The van der Waals surface area contributed by atoms with Crippen LogP contribution in [-0.4, -0.2) is 37.7 Å². The van der Waals surface area contributed by atoms with Gasteiger partial charge in [0, 0.05) is 5.69 Å². The topological polar surface area (TPSA) is 103 Å². The molecule has 0 aliphatic carbocycles. The molecule has 2 aromatic carbocycles. The first-order chi connectivity index (χ1) is 13.0. The number of nitrogens with one attached hydrogen (secondary N) is 2. The van der Waals surface area contributed by atoms with Crippen molar-refractivity contribution in [2.45, 2.75) is 13.0 Å². The first kappa shape index (κ1) is 19.8. The largest absolute Gasteiger partial charge is 0.493 e. The van der Waals surface area contributed by atoms with Crippen LogP contribution in [0.5, 0.6) is 11.5 Å². The molecule has 142 valence electrons. The number of carbonyl (C=O) groups is 3. The van der Waals surface area contributed by atoms with E-state index in [1.165, 1.54) is 14.0 Å². The summed E-state index contributed by atoms with van der Waals surface area (Å²) in [6.45, 7) is 0.945. The van der Waals surface area contributed by atoms with Gasteiger partial charge in [-0.25, -0.2) is 9.59 Å². The van der Waals surface area contributed by atoms with Gasteiger partial charge in [0.15, 0.2) is 24.2 Å². The SMILES string of the molecule is COc1ccccc1OCC(=O)OC(C)C(=O)NC(=O)Nc1ccccc1. The molecule has 2 aromatic rings. The predicted molar refractivity (Wildman–Crippen MR) is 97.6 cm³/mol. The molecule has 2 N–H and O–H groups in total. The van der Waals surface area contributed by atoms with Crippen molar-refractivity contribution in [1.29, 1.82) is 0 Å². The minimum atomic E-state index is -1.17. The quantitative estimate of drug-likeness (QED) is 0.723. The van der Waals surface area contributed by atoms with Crippen LogP contribution >= 0.6 is 0 Å². The molecule has 0 bridgehead atoms. The first-order valence-electron chi connectivity index (χ1n) is 8.11. The Morgan fingerprint density at radius 1 is 0.963 bits per heavy atom. The number of imide groups is 1. The van der Waals surface area contributed by atoms with Crippen molar-refractivity contribution in [3.8, 4) is 11.5 Å². The summed E-state index contributed by atoms with van der Waals surface area (Å²) in [6.07, 6.45) is -1.17. The molecule has 0 radical (unpaired) electrons. The zero-order valence-corrected chi connectivity index (χ0v) is 14.9. The summed E-state index contributed by atoms with van der Waals surface area (Å²) in [4.78, 5) is 35.6. The lowest BCUT2D eigenvalue weighted by Gasteiger charge is -2.14. The van der Waals surface area contributed by atoms with E-state index in [1.807, 2.05) is 0 Å². The van der Waals surface area contributed by atoms with E-state index in [1.54, 1.807) is 54.6 Å². The van der Waals surface area contributed by atoms with Gasteiger partial charge < -0.3 is 19.5 Å². The molecule has 3 amide bonds. The van der Waals surface area contributed by atoms with Crippen LogP contribution in [0.15, 0.2) is 54.6 Å². The number of ether oxygens (including phenoxy) is 3. The fourth-order valence-corrected chi connectivity index (χ4v) is 2.06. The Bertz CT molecular complexity index is 794. The number of amides is 3. The Morgan fingerprint density at radius 2 is 1.59 bits per heavy atom. The van der Waals surface area contributed by atoms with E-state index in [0.29, 0.717) is 17.2 Å². The molecule has 0 saturated heterocycles. The number of hydrogen-bond donors (Lipinski definition) is 2. The van der Waals surface area contributed by atoms with E-state index in [0.717, 1.165) is 0 Å². The number of hydrogen-bond acceptors (Lipinski definition) is 6. The van der Waals surface area contributed by atoms with E-state index in [4.69, 9.17) is 14.2 Å². The fourth-order valence-electron chi connectivity index (χ4n) is 2.06. The van der Waals surface area contributed by atoms with Crippen LogP contribution in [0.25, 0.3) is 0 Å². The summed E-state index contributed by atoms with van der Waals surface area (Å²) in [7, 11) is 1.48. The second kappa shape index (κ2) is 9.81. The molecule has 0 aliphatic rings. The number of benzene rings is 2. The molecule has 1 atom stereocenters. The van der Waals surface area contributed by atoms with Gasteiger partial charge in [0.05, 0.1) is 7.11 Å². The molecule has 0 spiro atoms. The van der Waals surface area contributed by atoms with Crippen LogP contribution in [0.4, 0.5) is 10.5 Å². The van der Waals surface area contributed by atoms with Crippen molar-refractivity contribution < 1.29 is 28.6 Å². The molecular formula is C19H20N2O6. The third kappa shape index (κ3) is 6.35. The van der Waals surface area contributed by atoms with Crippen LogP contribution in [0.3, 0.4) is 0 Å². The lowest BCUT2D eigenvalue weighted by molar-refractivity contribution is -0.156. The molecule has 1 unspecified atom stereocenters. The second-order valence-corrected chi connectivity index (χ2v) is 5.38. The van der Waals surface area contributed by atoms with E-state index >= 15 is 0 Å². The third-order valence-electron chi connectivity index (χ3n) is 3.36. The molecule has 0 aliphatic heterocycles. The Kier molecular flexibility index (Phi) is 7.18. The highest BCUT2D eigenvalue weighted by atomic mass is 16.6. The Labute approximate surface area is 156 Å². The van der Waals surface area contributed by atoms with Crippen molar-refractivity contribution in [1.82, 2.24) is 5.32 Å². The summed E-state index contributed by atoms with van der Waals surface area (Å²) in [5, 5.41) is 4.59. The maximum absolute atomic E-state index is 11.9. The molecule has 0 fully saturated rings. The maximum atomic E-state index is 11.9. The molecule has 0 heterocycles. The number of para-hydroxylation sites is 3. The van der Waals surface area contributed by atoms with Gasteiger partial charge >= 0.3 is 12.0 Å². The minimum Gasteiger partial charge on any atom is -0.493 e. The normalized spacial score (nSPS) is 11.0. The smallest absolute Gasteiger partial charge is 0.344 e.